The summed E-state index contributed by atoms with van der Waals surface area (Å²) in [6.45, 7) is 0. The smallest absolute Gasteiger partial charge is 0.358 e. The summed E-state index contributed by atoms with van der Waals surface area (Å²) < 4.78 is 11.8. The number of nitrogens with zero attached hydrogens (tertiary/aromatic N) is 3. The minimum absolute atomic E-state index is 0.166. The van der Waals surface area contributed by atoms with Gasteiger partial charge in [-0.25, -0.2) is 9.48 Å². The van der Waals surface area contributed by atoms with E-state index in [1.807, 2.05) is 0 Å². The molecule has 1 heterocycles. The van der Waals surface area contributed by atoms with E-state index in [4.69, 9.17) is 21.1 Å². The van der Waals surface area contributed by atoms with Crippen LogP contribution < -0.4 is 9.47 Å². The van der Waals surface area contributed by atoms with E-state index in [-0.39, 0.29) is 5.69 Å². The summed E-state index contributed by atoms with van der Waals surface area (Å²) in [6, 6.07) is 12.0. The number of rotatable bonds is 5. The molecule has 2 aromatic carbocycles. The van der Waals surface area contributed by atoms with Gasteiger partial charge < -0.3 is 14.6 Å². The first-order chi connectivity index (χ1) is 12.0. The van der Waals surface area contributed by atoms with Gasteiger partial charge in [-0.15, -0.1) is 5.10 Å². The molecule has 1 aromatic heterocycles. The van der Waals surface area contributed by atoms with E-state index in [0.717, 1.165) is 0 Å². The molecule has 0 spiro atoms. The standard InChI is InChI=1S/C17H14ClN3O4/c1-24-12-5-3-4-10(8-12)16-15(17(22)23)19-20-21(16)11-6-7-14(25-2)13(18)9-11/h3-9H,1-2H3,(H,22,23). The van der Waals surface area contributed by atoms with Gasteiger partial charge in [0.1, 0.15) is 17.2 Å². The Morgan fingerprint density at radius 2 is 1.96 bits per heavy atom. The van der Waals surface area contributed by atoms with Gasteiger partial charge in [-0.1, -0.05) is 28.9 Å². The topological polar surface area (TPSA) is 86.5 Å². The number of benzene rings is 2. The molecule has 0 aliphatic rings. The summed E-state index contributed by atoms with van der Waals surface area (Å²) in [7, 11) is 3.05. The highest BCUT2D eigenvalue weighted by atomic mass is 35.5. The van der Waals surface area contributed by atoms with Crippen molar-refractivity contribution in [3.63, 3.8) is 0 Å². The van der Waals surface area contributed by atoms with Crippen LogP contribution in [0.5, 0.6) is 11.5 Å². The van der Waals surface area contributed by atoms with E-state index >= 15 is 0 Å². The SMILES string of the molecule is COc1cccc(-c2c(C(=O)O)nnn2-c2ccc(OC)c(Cl)c2)c1. The Balaban J connectivity index is 2.21. The summed E-state index contributed by atoms with van der Waals surface area (Å²) in [4.78, 5) is 11.6. The predicted molar refractivity (Wildman–Crippen MR) is 91.9 cm³/mol. The lowest BCUT2D eigenvalue weighted by Gasteiger charge is -2.10. The quantitative estimate of drug-likeness (QED) is 0.752. The third-order valence-corrected chi connectivity index (χ3v) is 3.89. The van der Waals surface area contributed by atoms with Crippen LogP contribution in [0.3, 0.4) is 0 Å². The maximum absolute atomic E-state index is 11.6. The summed E-state index contributed by atoms with van der Waals surface area (Å²) >= 11 is 6.17. The van der Waals surface area contributed by atoms with Gasteiger partial charge in [0.2, 0.25) is 0 Å². The Kier molecular flexibility index (Phi) is 4.58. The lowest BCUT2D eigenvalue weighted by Crippen LogP contribution is -2.03. The molecule has 1 N–H and O–H groups in total. The first-order valence-corrected chi connectivity index (χ1v) is 7.60. The molecule has 128 valence electrons. The zero-order valence-electron chi connectivity index (χ0n) is 13.4. The summed E-state index contributed by atoms with van der Waals surface area (Å²) in [6.07, 6.45) is 0. The summed E-state index contributed by atoms with van der Waals surface area (Å²) in [5.74, 6) is -0.0787. The second kappa shape index (κ2) is 6.82. The Hall–Kier alpha value is -3.06. The van der Waals surface area contributed by atoms with Crippen molar-refractivity contribution in [1.29, 1.82) is 0 Å². The van der Waals surface area contributed by atoms with Crippen LogP contribution in [0.1, 0.15) is 10.5 Å². The third kappa shape index (κ3) is 3.14. The van der Waals surface area contributed by atoms with Crippen LogP contribution in [-0.2, 0) is 0 Å². The lowest BCUT2D eigenvalue weighted by molar-refractivity contribution is 0.0691. The molecule has 8 heteroatoms. The minimum Gasteiger partial charge on any atom is -0.497 e. The molecular formula is C17H14ClN3O4. The molecule has 0 amide bonds. The fraction of sp³-hybridized carbons (Fsp3) is 0.118. The van der Waals surface area contributed by atoms with Crippen molar-refractivity contribution >= 4 is 17.6 Å². The number of carbonyl (C=O) groups is 1. The van der Waals surface area contributed by atoms with Gasteiger partial charge >= 0.3 is 5.97 Å². The molecule has 3 rings (SSSR count). The van der Waals surface area contributed by atoms with Gasteiger partial charge in [0.25, 0.3) is 0 Å². The Bertz CT molecular complexity index is 939. The number of aromatic carboxylic acids is 1. The molecule has 0 unspecified atom stereocenters. The molecule has 0 aliphatic carbocycles. The Labute approximate surface area is 148 Å². The average molecular weight is 360 g/mol. The van der Waals surface area contributed by atoms with Gasteiger partial charge in [0.05, 0.1) is 24.9 Å². The molecule has 7 nitrogen and oxygen atoms in total. The molecule has 3 aromatic rings. The van der Waals surface area contributed by atoms with E-state index in [1.165, 1.54) is 18.9 Å². The zero-order chi connectivity index (χ0) is 18.0. The van der Waals surface area contributed by atoms with Crippen molar-refractivity contribution in [1.82, 2.24) is 15.0 Å². The molecule has 0 saturated carbocycles. The van der Waals surface area contributed by atoms with Crippen LogP contribution in [0.4, 0.5) is 0 Å². The number of aromatic nitrogens is 3. The number of halogens is 1. The van der Waals surface area contributed by atoms with Crippen molar-refractivity contribution in [2.75, 3.05) is 14.2 Å². The summed E-state index contributed by atoms with van der Waals surface area (Å²) in [5, 5.41) is 17.6. The second-order valence-electron chi connectivity index (χ2n) is 5.05. The number of carboxylic acid groups (broad SMARTS) is 1. The fourth-order valence-electron chi connectivity index (χ4n) is 2.42. The third-order valence-electron chi connectivity index (χ3n) is 3.60. The minimum atomic E-state index is -1.18. The molecule has 0 radical (unpaired) electrons. The molecular weight excluding hydrogens is 346 g/mol. The largest absolute Gasteiger partial charge is 0.497 e. The van der Waals surface area contributed by atoms with Crippen molar-refractivity contribution in [3.8, 4) is 28.4 Å². The van der Waals surface area contributed by atoms with Crippen LogP contribution in [0.15, 0.2) is 42.5 Å². The molecule has 0 atom stereocenters. The van der Waals surface area contributed by atoms with Crippen molar-refractivity contribution in [2.45, 2.75) is 0 Å². The van der Waals surface area contributed by atoms with Crippen molar-refractivity contribution in [2.24, 2.45) is 0 Å². The second-order valence-corrected chi connectivity index (χ2v) is 5.46. The Morgan fingerprint density at radius 1 is 1.16 bits per heavy atom. The van der Waals surface area contributed by atoms with E-state index in [2.05, 4.69) is 10.3 Å². The highest BCUT2D eigenvalue weighted by Crippen LogP contribution is 2.31. The van der Waals surface area contributed by atoms with E-state index in [9.17, 15) is 9.90 Å². The van der Waals surface area contributed by atoms with Crippen LogP contribution in [0.25, 0.3) is 16.9 Å². The number of hydrogen-bond donors (Lipinski definition) is 1. The molecule has 0 bridgehead atoms. The molecule has 0 fully saturated rings. The Morgan fingerprint density at radius 3 is 2.60 bits per heavy atom. The monoisotopic (exact) mass is 359 g/mol. The predicted octanol–water partition coefficient (Wildman–Crippen LogP) is 3.30. The first kappa shape index (κ1) is 16.8. The number of ether oxygens (including phenoxy) is 2. The van der Waals surface area contributed by atoms with Crippen molar-refractivity contribution < 1.29 is 19.4 Å². The highest BCUT2D eigenvalue weighted by molar-refractivity contribution is 6.32. The first-order valence-electron chi connectivity index (χ1n) is 7.22. The van der Waals surface area contributed by atoms with Crippen molar-refractivity contribution in [3.05, 3.63) is 53.2 Å². The van der Waals surface area contributed by atoms with Gasteiger partial charge in [0.15, 0.2) is 5.69 Å². The van der Waals surface area contributed by atoms with Gasteiger partial charge in [0, 0.05) is 5.56 Å². The van der Waals surface area contributed by atoms with E-state index in [0.29, 0.717) is 33.5 Å². The van der Waals surface area contributed by atoms with Gasteiger partial charge in [-0.2, -0.15) is 0 Å². The van der Waals surface area contributed by atoms with Crippen LogP contribution >= 0.6 is 11.6 Å². The summed E-state index contributed by atoms with van der Waals surface area (Å²) in [5.41, 5.74) is 1.32. The van der Waals surface area contributed by atoms with Crippen LogP contribution in [-0.4, -0.2) is 40.3 Å². The fourth-order valence-corrected chi connectivity index (χ4v) is 2.67. The molecule has 0 aliphatic heterocycles. The molecule has 25 heavy (non-hydrogen) atoms. The zero-order valence-corrected chi connectivity index (χ0v) is 14.2. The molecule has 0 saturated heterocycles. The van der Waals surface area contributed by atoms with E-state index in [1.54, 1.807) is 42.5 Å². The maximum Gasteiger partial charge on any atom is 0.358 e. The van der Waals surface area contributed by atoms with Crippen LogP contribution in [0, 0.1) is 0 Å². The average Bonchev–Trinajstić information content (AvgIpc) is 3.07. The number of carboxylic acids is 1. The van der Waals surface area contributed by atoms with Gasteiger partial charge in [-0.05, 0) is 30.3 Å². The number of methoxy groups -OCH3 is 2. The van der Waals surface area contributed by atoms with Gasteiger partial charge in [-0.3, -0.25) is 0 Å². The van der Waals surface area contributed by atoms with E-state index < -0.39 is 5.97 Å². The lowest BCUT2D eigenvalue weighted by atomic mass is 10.1. The maximum atomic E-state index is 11.6. The number of hydrogen-bond acceptors (Lipinski definition) is 5. The normalized spacial score (nSPS) is 10.5. The van der Waals surface area contributed by atoms with Crippen LogP contribution in [0.2, 0.25) is 5.02 Å². The highest BCUT2D eigenvalue weighted by Gasteiger charge is 2.22.